The highest BCUT2D eigenvalue weighted by Crippen LogP contribution is 2.13. The minimum Gasteiger partial charge on any atom is -0.445 e. The van der Waals surface area contributed by atoms with Gasteiger partial charge in [-0.2, -0.15) is 0 Å². The lowest BCUT2D eigenvalue weighted by atomic mass is 10.3. The molecule has 0 spiro atoms. The normalized spacial score (nSPS) is 30.2. The molecule has 2 atom stereocenters. The Bertz CT molecular complexity index is 199. The van der Waals surface area contributed by atoms with Crippen molar-refractivity contribution < 1.29 is 18.9 Å². The predicted octanol–water partition coefficient (Wildman–Crippen LogP) is 0.583. The Morgan fingerprint density at radius 3 is 1.93 bits per heavy atom. The lowest BCUT2D eigenvalue weighted by Gasteiger charge is -2.16. The molecule has 0 radical (unpaired) electrons. The van der Waals surface area contributed by atoms with E-state index < -0.39 is 0 Å². The van der Waals surface area contributed by atoms with Crippen LogP contribution in [0.15, 0.2) is 4.99 Å². The molecule has 0 amide bonds. The van der Waals surface area contributed by atoms with Gasteiger partial charge in [0.1, 0.15) is 12.2 Å². The van der Waals surface area contributed by atoms with Gasteiger partial charge in [-0.05, 0) is 0 Å². The third kappa shape index (κ3) is 3.07. The summed E-state index contributed by atoms with van der Waals surface area (Å²) < 4.78 is 21.6. The summed E-state index contributed by atoms with van der Waals surface area (Å²) >= 11 is 0. The SMILES string of the molecule is CN=C(OC1CCOC1)OC1CCOC1. The summed E-state index contributed by atoms with van der Waals surface area (Å²) in [5.74, 6) is 0. The Morgan fingerprint density at radius 1 is 1.07 bits per heavy atom. The van der Waals surface area contributed by atoms with Gasteiger partial charge in [-0.3, -0.25) is 0 Å². The van der Waals surface area contributed by atoms with E-state index in [-0.39, 0.29) is 12.2 Å². The van der Waals surface area contributed by atoms with E-state index in [1.165, 1.54) is 0 Å². The molecule has 2 aliphatic rings. The summed E-state index contributed by atoms with van der Waals surface area (Å²) in [6, 6.07) is 0. The highest BCUT2D eigenvalue weighted by atomic mass is 16.7. The van der Waals surface area contributed by atoms with Crippen molar-refractivity contribution in [1.29, 1.82) is 0 Å². The maximum absolute atomic E-state index is 5.57. The van der Waals surface area contributed by atoms with Crippen molar-refractivity contribution in [2.75, 3.05) is 33.5 Å². The van der Waals surface area contributed by atoms with Crippen LogP contribution in [0.3, 0.4) is 0 Å². The van der Waals surface area contributed by atoms with E-state index in [1.807, 2.05) is 0 Å². The fourth-order valence-electron chi connectivity index (χ4n) is 1.63. The van der Waals surface area contributed by atoms with Crippen molar-refractivity contribution in [1.82, 2.24) is 0 Å². The molecule has 2 rings (SSSR count). The van der Waals surface area contributed by atoms with Gasteiger partial charge in [0.2, 0.25) is 0 Å². The molecule has 0 aromatic rings. The molecule has 2 saturated heterocycles. The van der Waals surface area contributed by atoms with E-state index in [0.29, 0.717) is 19.3 Å². The van der Waals surface area contributed by atoms with Gasteiger partial charge in [0.25, 0.3) is 0 Å². The number of ether oxygens (including phenoxy) is 4. The molecule has 2 unspecified atom stereocenters. The molecule has 86 valence electrons. The zero-order valence-corrected chi connectivity index (χ0v) is 8.98. The summed E-state index contributed by atoms with van der Waals surface area (Å²) in [6.45, 7) is 2.77. The predicted molar refractivity (Wildman–Crippen MR) is 54.0 cm³/mol. The van der Waals surface area contributed by atoms with Crippen LogP contribution >= 0.6 is 0 Å². The second kappa shape index (κ2) is 5.32. The second-order valence-corrected chi connectivity index (χ2v) is 3.70. The Kier molecular flexibility index (Phi) is 3.80. The van der Waals surface area contributed by atoms with Crippen LogP contribution in [0.4, 0.5) is 0 Å². The van der Waals surface area contributed by atoms with E-state index in [4.69, 9.17) is 18.9 Å². The quantitative estimate of drug-likeness (QED) is 0.499. The third-order valence-corrected chi connectivity index (χ3v) is 2.49. The summed E-state index contributed by atoms with van der Waals surface area (Å²) in [4.78, 5) is 3.98. The van der Waals surface area contributed by atoms with Crippen molar-refractivity contribution in [3.05, 3.63) is 0 Å². The molecule has 0 N–H and O–H groups in total. The van der Waals surface area contributed by atoms with E-state index in [2.05, 4.69) is 4.99 Å². The van der Waals surface area contributed by atoms with E-state index in [0.717, 1.165) is 26.1 Å². The highest BCUT2D eigenvalue weighted by molar-refractivity contribution is 5.67. The summed E-state index contributed by atoms with van der Waals surface area (Å²) in [5.41, 5.74) is 0. The number of hydrogen-bond acceptors (Lipinski definition) is 5. The van der Waals surface area contributed by atoms with Gasteiger partial charge in [0.05, 0.1) is 26.4 Å². The Labute approximate surface area is 89.4 Å². The lowest BCUT2D eigenvalue weighted by Crippen LogP contribution is -2.25. The minimum absolute atomic E-state index is 0.0889. The average Bonchev–Trinajstić information content (AvgIpc) is 2.89. The van der Waals surface area contributed by atoms with Gasteiger partial charge in [-0.1, -0.05) is 0 Å². The van der Waals surface area contributed by atoms with Crippen LogP contribution in [-0.4, -0.2) is 51.8 Å². The number of hydrogen-bond donors (Lipinski definition) is 0. The van der Waals surface area contributed by atoms with E-state index in [9.17, 15) is 0 Å². The zero-order valence-electron chi connectivity index (χ0n) is 8.98. The van der Waals surface area contributed by atoms with Crippen molar-refractivity contribution in [2.45, 2.75) is 25.0 Å². The van der Waals surface area contributed by atoms with Crippen molar-refractivity contribution >= 4 is 6.08 Å². The standard InChI is InChI=1S/C10H17NO4/c1-11-10(14-8-2-4-12-6-8)15-9-3-5-13-7-9/h8-9H,2-7H2,1H3. The zero-order chi connectivity index (χ0) is 10.5. The molecular weight excluding hydrogens is 198 g/mol. The largest absolute Gasteiger partial charge is 0.445 e. The Balaban J connectivity index is 1.76. The van der Waals surface area contributed by atoms with Crippen molar-refractivity contribution in [3.8, 4) is 0 Å². The fourth-order valence-corrected chi connectivity index (χ4v) is 1.63. The van der Waals surface area contributed by atoms with Gasteiger partial charge < -0.3 is 18.9 Å². The van der Waals surface area contributed by atoms with Gasteiger partial charge in [-0.15, -0.1) is 0 Å². The molecule has 5 nitrogen and oxygen atoms in total. The molecule has 0 aromatic heterocycles. The van der Waals surface area contributed by atoms with E-state index in [1.54, 1.807) is 7.05 Å². The van der Waals surface area contributed by atoms with Gasteiger partial charge >= 0.3 is 6.08 Å². The second-order valence-electron chi connectivity index (χ2n) is 3.70. The molecule has 5 heteroatoms. The smallest absolute Gasteiger partial charge is 0.383 e. The molecule has 0 saturated carbocycles. The van der Waals surface area contributed by atoms with Gasteiger partial charge in [0, 0.05) is 19.9 Å². The summed E-state index contributed by atoms with van der Waals surface area (Å²) in [7, 11) is 1.67. The highest BCUT2D eigenvalue weighted by Gasteiger charge is 2.23. The molecule has 0 aliphatic carbocycles. The monoisotopic (exact) mass is 215 g/mol. The van der Waals surface area contributed by atoms with Crippen molar-refractivity contribution in [2.24, 2.45) is 4.99 Å². The Morgan fingerprint density at radius 2 is 1.60 bits per heavy atom. The third-order valence-electron chi connectivity index (χ3n) is 2.49. The van der Waals surface area contributed by atoms with Crippen LogP contribution in [0.5, 0.6) is 0 Å². The Hall–Kier alpha value is -0.810. The average molecular weight is 215 g/mol. The number of rotatable bonds is 2. The number of aliphatic imine (C=N–C) groups is 1. The minimum atomic E-state index is 0.0889. The van der Waals surface area contributed by atoms with Crippen LogP contribution < -0.4 is 0 Å². The molecule has 2 aliphatic heterocycles. The van der Waals surface area contributed by atoms with Crippen LogP contribution in [-0.2, 0) is 18.9 Å². The summed E-state index contributed by atoms with van der Waals surface area (Å²) in [6.07, 6.45) is 2.35. The topological polar surface area (TPSA) is 49.3 Å². The fraction of sp³-hybridized carbons (Fsp3) is 0.900. The number of nitrogens with zero attached hydrogens (tertiary/aromatic N) is 1. The first-order valence-electron chi connectivity index (χ1n) is 5.34. The van der Waals surface area contributed by atoms with Gasteiger partial charge in [0.15, 0.2) is 0 Å². The molecule has 0 bridgehead atoms. The van der Waals surface area contributed by atoms with E-state index >= 15 is 0 Å². The molecule has 2 fully saturated rings. The maximum atomic E-state index is 5.57. The van der Waals surface area contributed by atoms with Crippen molar-refractivity contribution in [3.63, 3.8) is 0 Å². The van der Waals surface area contributed by atoms with Crippen LogP contribution in [0.1, 0.15) is 12.8 Å². The maximum Gasteiger partial charge on any atom is 0.383 e. The summed E-state index contributed by atoms with van der Waals surface area (Å²) in [5, 5.41) is 0. The molecule has 2 heterocycles. The molecule has 15 heavy (non-hydrogen) atoms. The van der Waals surface area contributed by atoms with Crippen LogP contribution in [0.25, 0.3) is 0 Å². The molecular formula is C10H17NO4. The lowest BCUT2D eigenvalue weighted by molar-refractivity contribution is 0.0567. The first-order chi connectivity index (χ1) is 7.38. The first kappa shape index (κ1) is 10.7. The molecule has 0 aromatic carbocycles. The first-order valence-corrected chi connectivity index (χ1v) is 5.34. The van der Waals surface area contributed by atoms with Crippen LogP contribution in [0, 0.1) is 0 Å². The van der Waals surface area contributed by atoms with Gasteiger partial charge in [-0.25, -0.2) is 4.99 Å². The van der Waals surface area contributed by atoms with Crippen LogP contribution in [0.2, 0.25) is 0 Å².